The van der Waals surface area contributed by atoms with E-state index in [1.165, 1.54) is 12.1 Å². The first kappa shape index (κ1) is 12.8. The summed E-state index contributed by atoms with van der Waals surface area (Å²) in [7, 11) is -1.10. The van der Waals surface area contributed by atoms with E-state index in [-0.39, 0.29) is 11.1 Å². The average molecular weight is 241 g/mol. The minimum absolute atomic E-state index is 0.0212. The van der Waals surface area contributed by atoms with Gasteiger partial charge in [-0.3, -0.25) is 14.3 Å². The summed E-state index contributed by atoms with van der Waals surface area (Å²) in [5.41, 5.74) is 0.00335. The van der Waals surface area contributed by atoms with Gasteiger partial charge in [0.05, 0.1) is 15.7 Å². The van der Waals surface area contributed by atoms with Gasteiger partial charge in [0, 0.05) is 22.8 Å². The van der Waals surface area contributed by atoms with E-state index in [0.717, 1.165) is 0 Å². The predicted octanol–water partition coefficient (Wildman–Crippen LogP) is 2.75. The second-order valence-corrected chi connectivity index (χ2v) is 6.25. The van der Waals surface area contributed by atoms with Gasteiger partial charge >= 0.3 is 0 Å². The van der Waals surface area contributed by atoms with Gasteiger partial charge in [0.15, 0.2) is 0 Å². The number of rotatable bonds is 3. The summed E-state index contributed by atoms with van der Waals surface area (Å²) in [5.74, 6) is 0.546. The van der Waals surface area contributed by atoms with Crippen LogP contribution in [0.2, 0.25) is 0 Å². The molecule has 0 bridgehead atoms. The number of nitro benzene ring substituents is 1. The molecular formula is C11H15NO3S. The summed E-state index contributed by atoms with van der Waals surface area (Å²) in [5, 5.41) is 10.4. The first-order valence-corrected chi connectivity index (χ1v) is 6.24. The molecule has 0 fully saturated rings. The standard InChI is InChI=1S/C11H15NO3S/c1-11(2,3)8-16(15)10-6-4-9(5-7-10)12(13)14/h4-7H,8H2,1-3H3. The van der Waals surface area contributed by atoms with Crippen LogP contribution >= 0.6 is 0 Å². The zero-order valence-corrected chi connectivity index (χ0v) is 10.4. The van der Waals surface area contributed by atoms with Crippen molar-refractivity contribution in [1.82, 2.24) is 0 Å². The minimum Gasteiger partial charge on any atom is -0.258 e. The monoisotopic (exact) mass is 241 g/mol. The largest absolute Gasteiger partial charge is 0.269 e. The van der Waals surface area contributed by atoms with Gasteiger partial charge in [-0.1, -0.05) is 20.8 Å². The first-order chi connectivity index (χ1) is 7.29. The van der Waals surface area contributed by atoms with Crippen LogP contribution in [0.15, 0.2) is 29.2 Å². The van der Waals surface area contributed by atoms with Crippen molar-refractivity contribution in [2.24, 2.45) is 5.41 Å². The second kappa shape index (κ2) is 4.74. The molecule has 0 saturated heterocycles. The molecule has 0 heterocycles. The fourth-order valence-electron chi connectivity index (χ4n) is 1.20. The zero-order chi connectivity index (χ0) is 12.3. The molecule has 1 atom stereocenters. The van der Waals surface area contributed by atoms with Crippen LogP contribution in [-0.2, 0) is 10.8 Å². The van der Waals surface area contributed by atoms with E-state index in [0.29, 0.717) is 10.6 Å². The van der Waals surface area contributed by atoms with Crippen molar-refractivity contribution >= 4 is 16.5 Å². The molecule has 0 N–H and O–H groups in total. The van der Waals surface area contributed by atoms with Crippen LogP contribution < -0.4 is 0 Å². The molecule has 0 spiro atoms. The summed E-state index contributed by atoms with van der Waals surface area (Å²) >= 11 is 0. The topological polar surface area (TPSA) is 60.2 Å². The van der Waals surface area contributed by atoms with Crippen molar-refractivity contribution in [1.29, 1.82) is 0 Å². The van der Waals surface area contributed by atoms with Crippen LogP contribution in [0.5, 0.6) is 0 Å². The van der Waals surface area contributed by atoms with Gasteiger partial charge in [-0.25, -0.2) is 0 Å². The molecule has 0 amide bonds. The molecule has 16 heavy (non-hydrogen) atoms. The number of hydrogen-bond donors (Lipinski definition) is 0. The molecule has 0 saturated carbocycles. The van der Waals surface area contributed by atoms with Crippen molar-refractivity contribution in [2.75, 3.05) is 5.75 Å². The van der Waals surface area contributed by atoms with E-state index < -0.39 is 15.7 Å². The van der Waals surface area contributed by atoms with Crippen LogP contribution in [-0.4, -0.2) is 14.9 Å². The Balaban J connectivity index is 2.82. The van der Waals surface area contributed by atoms with Gasteiger partial charge in [-0.05, 0) is 17.5 Å². The molecule has 1 aromatic rings. The van der Waals surface area contributed by atoms with Gasteiger partial charge < -0.3 is 0 Å². The Kier molecular flexibility index (Phi) is 3.80. The second-order valence-electron chi connectivity index (χ2n) is 4.80. The number of nitro groups is 1. The molecular weight excluding hydrogens is 226 g/mol. The van der Waals surface area contributed by atoms with Crippen molar-refractivity contribution < 1.29 is 9.13 Å². The summed E-state index contributed by atoms with van der Waals surface area (Å²) in [6, 6.07) is 5.88. The summed E-state index contributed by atoms with van der Waals surface area (Å²) in [6.45, 7) is 6.03. The van der Waals surface area contributed by atoms with E-state index in [1.54, 1.807) is 12.1 Å². The highest BCUT2D eigenvalue weighted by molar-refractivity contribution is 7.85. The maximum atomic E-state index is 11.9. The number of nitrogens with zero attached hydrogens (tertiary/aromatic N) is 1. The van der Waals surface area contributed by atoms with E-state index in [1.807, 2.05) is 20.8 Å². The number of benzene rings is 1. The van der Waals surface area contributed by atoms with Gasteiger partial charge in [0.2, 0.25) is 0 Å². The van der Waals surface area contributed by atoms with Crippen LogP contribution in [0, 0.1) is 15.5 Å². The van der Waals surface area contributed by atoms with Crippen molar-refractivity contribution in [2.45, 2.75) is 25.7 Å². The smallest absolute Gasteiger partial charge is 0.258 e. The fourth-order valence-corrected chi connectivity index (χ4v) is 2.59. The minimum atomic E-state index is -1.10. The van der Waals surface area contributed by atoms with Gasteiger partial charge in [0.25, 0.3) is 5.69 Å². The van der Waals surface area contributed by atoms with E-state index in [2.05, 4.69) is 0 Å². The normalized spacial score (nSPS) is 13.4. The highest BCUT2D eigenvalue weighted by atomic mass is 32.2. The zero-order valence-electron chi connectivity index (χ0n) is 9.60. The van der Waals surface area contributed by atoms with Crippen molar-refractivity contribution in [3.05, 3.63) is 34.4 Å². The molecule has 0 radical (unpaired) electrons. The van der Waals surface area contributed by atoms with Crippen LogP contribution in [0.25, 0.3) is 0 Å². The maximum absolute atomic E-state index is 11.9. The molecule has 1 unspecified atom stereocenters. The molecule has 1 aromatic carbocycles. The SMILES string of the molecule is CC(C)(C)CS(=O)c1ccc([N+](=O)[O-])cc1. The first-order valence-electron chi connectivity index (χ1n) is 4.92. The third-order valence-corrected chi connectivity index (χ3v) is 3.80. The van der Waals surface area contributed by atoms with Gasteiger partial charge in [0.1, 0.15) is 0 Å². The maximum Gasteiger partial charge on any atom is 0.269 e. The molecule has 4 nitrogen and oxygen atoms in total. The molecule has 0 aliphatic rings. The highest BCUT2D eigenvalue weighted by Crippen LogP contribution is 2.20. The van der Waals surface area contributed by atoms with Gasteiger partial charge in [-0.2, -0.15) is 0 Å². The number of hydrogen-bond acceptors (Lipinski definition) is 3. The molecule has 1 rings (SSSR count). The van der Waals surface area contributed by atoms with E-state index in [9.17, 15) is 14.3 Å². The Labute approximate surface area is 97.3 Å². The molecule has 0 aliphatic heterocycles. The molecule has 5 heteroatoms. The quantitative estimate of drug-likeness (QED) is 0.604. The van der Waals surface area contributed by atoms with Crippen molar-refractivity contribution in [3.63, 3.8) is 0 Å². The van der Waals surface area contributed by atoms with Crippen LogP contribution in [0.3, 0.4) is 0 Å². The van der Waals surface area contributed by atoms with Crippen LogP contribution in [0.1, 0.15) is 20.8 Å². The lowest BCUT2D eigenvalue weighted by molar-refractivity contribution is -0.384. The lowest BCUT2D eigenvalue weighted by Gasteiger charge is -2.16. The Morgan fingerprint density at radius 1 is 1.25 bits per heavy atom. The Morgan fingerprint density at radius 3 is 2.12 bits per heavy atom. The Bertz CT molecular complexity index is 406. The molecule has 0 aliphatic carbocycles. The lowest BCUT2D eigenvalue weighted by Crippen LogP contribution is -2.16. The molecule has 88 valence electrons. The Morgan fingerprint density at radius 2 is 1.75 bits per heavy atom. The third-order valence-electron chi connectivity index (χ3n) is 1.87. The average Bonchev–Trinajstić information content (AvgIpc) is 2.15. The van der Waals surface area contributed by atoms with E-state index >= 15 is 0 Å². The van der Waals surface area contributed by atoms with Gasteiger partial charge in [-0.15, -0.1) is 0 Å². The Hall–Kier alpha value is -1.23. The number of non-ortho nitro benzene ring substituents is 1. The third kappa shape index (κ3) is 3.73. The van der Waals surface area contributed by atoms with Crippen LogP contribution in [0.4, 0.5) is 5.69 Å². The summed E-state index contributed by atoms with van der Waals surface area (Å²) in [4.78, 5) is 10.6. The predicted molar refractivity (Wildman–Crippen MR) is 63.8 cm³/mol. The summed E-state index contributed by atoms with van der Waals surface area (Å²) in [6.07, 6.45) is 0. The lowest BCUT2D eigenvalue weighted by atomic mass is 10.0. The van der Waals surface area contributed by atoms with E-state index in [4.69, 9.17) is 0 Å². The van der Waals surface area contributed by atoms with Crippen molar-refractivity contribution in [3.8, 4) is 0 Å². The summed E-state index contributed by atoms with van der Waals surface area (Å²) < 4.78 is 11.9. The fraction of sp³-hybridized carbons (Fsp3) is 0.455. The molecule has 0 aromatic heterocycles. The highest BCUT2D eigenvalue weighted by Gasteiger charge is 2.16.